The molecule has 1 aliphatic rings. The molecule has 0 aliphatic carbocycles. The number of benzene rings is 2. The molecule has 3 aromatic rings. The second-order valence-electron chi connectivity index (χ2n) is 9.18. The van der Waals surface area contributed by atoms with Crippen LogP contribution < -0.4 is 19.7 Å². The van der Waals surface area contributed by atoms with Crippen LogP contribution in [0, 0.1) is 20.8 Å². The molecule has 2 amide bonds. The van der Waals surface area contributed by atoms with Crippen molar-refractivity contribution in [2.75, 3.05) is 50.6 Å². The second-order valence-corrected chi connectivity index (χ2v) is 9.18. The molecule has 36 heavy (non-hydrogen) atoms. The van der Waals surface area contributed by atoms with E-state index in [1.54, 1.807) is 32.4 Å². The smallest absolute Gasteiger partial charge is 0.321 e. The summed E-state index contributed by atoms with van der Waals surface area (Å²) in [5.74, 6) is 2.99. The molecule has 1 fully saturated rings. The van der Waals surface area contributed by atoms with Crippen LogP contribution >= 0.6 is 0 Å². The second kappa shape index (κ2) is 11.3. The van der Waals surface area contributed by atoms with Crippen LogP contribution in [0.25, 0.3) is 0 Å². The van der Waals surface area contributed by atoms with Gasteiger partial charge in [0, 0.05) is 67.7 Å². The Morgan fingerprint density at radius 2 is 1.61 bits per heavy atom. The lowest BCUT2D eigenvalue weighted by molar-refractivity contribution is 0.215. The number of ether oxygens (including phenoxy) is 2. The van der Waals surface area contributed by atoms with Crippen molar-refractivity contribution in [2.24, 2.45) is 0 Å². The zero-order valence-corrected chi connectivity index (χ0v) is 21.8. The number of rotatable bonds is 6. The predicted octanol–water partition coefficient (Wildman–Crippen LogP) is 4.75. The third kappa shape index (κ3) is 6.05. The molecule has 0 atom stereocenters. The summed E-state index contributed by atoms with van der Waals surface area (Å²) in [6.07, 6.45) is 1.63. The van der Waals surface area contributed by atoms with Crippen LogP contribution in [0.5, 0.6) is 11.5 Å². The molecule has 0 unspecified atom stereocenters. The molecule has 2 aromatic carbocycles. The van der Waals surface area contributed by atoms with Crippen molar-refractivity contribution in [3.05, 3.63) is 70.7 Å². The SMILES string of the molecule is COc1cc(NC(=O)N2CCCN(c3nc(C)nc(C)c3Cc3ccc(C)cc3)CC2)cc(OC)c1. The van der Waals surface area contributed by atoms with Crippen molar-refractivity contribution in [3.63, 3.8) is 0 Å². The Morgan fingerprint density at radius 1 is 0.917 bits per heavy atom. The van der Waals surface area contributed by atoms with E-state index in [1.807, 2.05) is 11.8 Å². The Labute approximate surface area is 213 Å². The van der Waals surface area contributed by atoms with Gasteiger partial charge in [-0.3, -0.25) is 0 Å². The highest BCUT2D eigenvalue weighted by atomic mass is 16.5. The minimum atomic E-state index is -0.137. The molecule has 1 aromatic heterocycles. The molecule has 0 saturated carbocycles. The largest absolute Gasteiger partial charge is 0.497 e. The van der Waals surface area contributed by atoms with Crippen molar-refractivity contribution >= 4 is 17.5 Å². The van der Waals surface area contributed by atoms with Crippen LogP contribution in [0.1, 0.15) is 34.6 Å². The highest BCUT2D eigenvalue weighted by Gasteiger charge is 2.23. The number of aromatic nitrogens is 2. The molecule has 8 nitrogen and oxygen atoms in total. The number of aryl methyl sites for hydroxylation is 3. The Kier molecular flexibility index (Phi) is 7.93. The highest BCUT2D eigenvalue weighted by Crippen LogP contribution is 2.27. The number of methoxy groups -OCH3 is 2. The van der Waals surface area contributed by atoms with E-state index in [0.29, 0.717) is 36.8 Å². The number of hydrogen-bond acceptors (Lipinski definition) is 6. The quantitative estimate of drug-likeness (QED) is 0.538. The van der Waals surface area contributed by atoms with Gasteiger partial charge >= 0.3 is 6.03 Å². The Bertz CT molecular complexity index is 1190. The van der Waals surface area contributed by atoms with Gasteiger partial charge in [-0.2, -0.15) is 0 Å². The number of anilines is 2. The van der Waals surface area contributed by atoms with E-state index < -0.39 is 0 Å². The van der Waals surface area contributed by atoms with Gasteiger partial charge < -0.3 is 24.6 Å². The predicted molar refractivity (Wildman–Crippen MR) is 142 cm³/mol. The molecule has 4 rings (SSSR count). The molecule has 2 heterocycles. The number of carbonyl (C=O) groups excluding carboxylic acids is 1. The lowest BCUT2D eigenvalue weighted by Gasteiger charge is -2.26. The van der Waals surface area contributed by atoms with Crippen LogP contribution in [0.2, 0.25) is 0 Å². The molecule has 8 heteroatoms. The minimum absolute atomic E-state index is 0.137. The molecule has 1 saturated heterocycles. The van der Waals surface area contributed by atoms with E-state index in [9.17, 15) is 4.79 Å². The maximum absolute atomic E-state index is 13.1. The van der Waals surface area contributed by atoms with Crippen molar-refractivity contribution in [3.8, 4) is 11.5 Å². The van der Waals surface area contributed by atoms with Gasteiger partial charge in [0.1, 0.15) is 23.1 Å². The number of hydrogen-bond donors (Lipinski definition) is 1. The monoisotopic (exact) mass is 489 g/mol. The van der Waals surface area contributed by atoms with Crippen LogP contribution in [0.4, 0.5) is 16.3 Å². The molecular formula is C28H35N5O3. The van der Waals surface area contributed by atoms with Gasteiger partial charge in [-0.05, 0) is 32.8 Å². The van der Waals surface area contributed by atoms with E-state index in [4.69, 9.17) is 14.5 Å². The van der Waals surface area contributed by atoms with Gasteiger partial charge in [0.2, 0.25) is 0 Å². The normalized spacial score (nSPS) is 13.8. The summed E-state index contributed by atoms with van der Waals surface area (Å²) in [6.45, 7) is 8.88. The van der Waals surface area contributed by atoms with Gasteiger partial charge in [-0.15, -0.1) is 0 Å². The molecule has 0 spiro atoms. The van der Waals surface area contributed by atoms with Crippen LogP contribution in [-0.4, -0.2) is 61.3 Å². The fourth-order valence-electron chi connectivity index (χ4n) is 4.51. The zero-order valence-electron chi connectivity index (χ0n) is 21.8. The third-order valence-electron chi connectivity index (χ3n) is 6.49. The van der Waals surface area contributed by atoms with Crippen molar-refractivity contribution in [1.82, 2.24) is 14.9 Å². The average molecular weight is 490 g/mol. The molecule has 1 aliphatic heterocycles. The maximum atomic E-state index is 13.1. The lowest BCUT2D eigenvalue weighted by atomic mass is 10.0. The molecule has 0 radical (unpaired) electrons. The van der Waals surface area contributed by atoms with Gasteiger partial charge in [-0.1, -0.05) is 29.8 Å². The first-order chi connectivity index (χ1) is 17.4. The number of nitrogens with zero attached hydrogens (tertiary/aromatic N) is 4. The van der Waals surface area contributed by atoms with Gasteiger partial charge in [0.05, 0.1) is 14.2 Å². The number of carbonyl (C=O) groups is 1. The summed E-state index contributed by atoms with van der Waals surface area (Å²) in [4.78, 5) is 26.8. The summed E-state index contributed by atoms with van der Waals surface area (Å²) in [5, 5.41) is 2.99. The van der Waals surface area contributed by atoms with E-state index >= 15 is 0 Å². The van der Waals surface area contributed by atoms with Crippen LogP contribution in [0.3, 0.4) is 0 Å². The maximum Gasteiger partial charge on any atom is 0.321 e. The number of amides is 2. The summed E-state index contributed by atoms with van der Waals surface area (Å²) in [6, 6.07) is 13.8. The third-order valence-corrected chi connectivity index (χ3v) is 6.49. The molecule has 190 valence electrons. The fraction of sp³-hybridized carbons (Fsp3) is 0.393. The Morgan fingerprint density at radius 3 is 2.28 bits per heavy atom. The summed E-state index contributed by atoms with van der Waals surface area (Å²) < 4.78 is 10.6. The van der Waals surface area contributed by atoms with E-state index in [0.717, 1.165) is 42.3 Å². The van der Waals surface area contributed by atoms with Crippen LogP contribution in [0.15, 0.2) is 42.5 Å². The first-order valence-electron chi connectivity index (χ1n) is 12.3. The number of urea groups is 1. The van der Waals surface area contributed by atoms with E-state index in [1.165, 1.54) is 11.1 Å². The first kappa shape index (κ1) is 25.3. The van der Waals surface area contributed by atoms with E-state index in [2.05, 4.69) is 53.3 Å². The summed E-state index contributed by atoms with van der Waals surface area (Å²) >= 11 is 0. The van der Waals surface area contributed by atoms with Gasteiger partial charge in [0.25, 0.3) is 0 Å². The number of nitrogens with one attached hydrogen (secondary N) is 1. The van der Waals surface area contributed by atoms with Crippen molar-refractivity contribution in [2.45, 2.75) is 33.6 Å². The summed E-state index contributed by atoms with van der Waals surface area (Å²) in [5.41, 5.74) is 5.27. The lowest BCUT2D eigenvalue weighted by Crippen LogP contribution is -2.38. The average Bonchev–Trinajstić information content (AvgIpc) is 3.13. The van der Waals surface area contributed by atoms with Crippen LogP contribution in [-0.2, 0) is 6.42 Å². The van der Waals surface area contributed by atoms with E-state index in [-0.39, 0.29) is 6.03 Å². The van der Waals surface area contributed by atoms with Crippen molar-refractivity contribution < 1.29 is 14.3 Å². The highest BCUT2D eigenvalue weighted by molar-refractivity contribution is 5.90. The zero-order chi connectivity index (χ0) is 25.7. The molecular weight excluding hydrogens is 454 g/mol. The Balaban J connectivity index is 1.49. The topological polar surface area (TPSA) is 79.8 Å². The van der Waals surface area contributed by atoms with Gasteiger partial charge in [0.15, 0.2) is 0 Å². The standard InChI is InChI=1S/C28H35N5O3/c1-19-7-9-22(10-8-19)15-26-20(2)29-21(3)30-27(26)32-11-6-12-33(14-13-32)28(34)31-23-16-24(35-4)18-25(17-23)36-5/h7-10,16-18H,6,11-15H2,1-5H3,(H,31,34). The molecule has 0 bridgehead atoms. The summed E-state index contributed by atoms with van der Waals surface area (Å²) in [7, 11) is 3.18. The van der Waals surface area contributed by atoms with Crippen molar-refractivity contribution in [1.29, 1.82) is 0 Å². The minimum Gasteiger partial charge on any atom is -0.497 e. The first-order valence-corrected chi connectivity index (χ1v) is 12.3. The molecule has 1 N–H and O–H groups in total. The Hall–Kier alpha value is -3.81. The fourth-order valence-corrected chi connectivity index (χ4v) is 4.51. The van der Waals surface area contributed by atoms with Gasteiger partial charge in [-0.25, -0.2) is 14.8 Å².